The van der Waals surface area contributed by atoms with Gasteiger partial charge in [0.1, 0.15) is 0 Å². The number of nitrogens with zero attached hydrogens (tertiary/aromatic N) is 2. The summed E-state index contributed by atoms with van der Waals surface area (Å²) < 4.78 is 3.50. The zero-order chi connectivity index (χ0) is 11.0. The minimum atomic E-state index is 0.0391. The first-order valence-electron chi connectivity index (χ1n) is 5.07. The average Bonchev–Trinajstić information content (AvgIpc) is 2.48. The molecule has 0 aliphatic carbocycles. The number of aryl methyl sites for hydroxylation is 2. The fraction of sp³-hybridized carbons (Fsp3) is 0.364. The number of aromatic nitrogens is 2. The lowest BCUT2D eigenvalue weighted by Crippen LogP contribution is -2.22. The van der Waals surface area contributed by atoms with Crippen molar-refractivity contribution in [3.63, 3.8) is 0 Å². The quantitative estimate of drug-likeness (QED) is 0.770. The molecular weight excluding hydrogens is 212 g/mol. The van der Waals surface area contributed by atoms with Gasteiger partial charge in [0, 0.05) is 18.1 Å². The van der Waals surface area contributed by atoms with E-state index < -0.39 is 0 Å². The molecule has 0 bridgehead atoms. The van der Waals surface area contributed by atoms with Gasteiger partial charge < -0.3 is 0 Å². The molecule has 80 valence electrons. The van der Waals surface area contributed by atoms with Crippen LogP contribution in [0.4, 0.5) is 0 Å². The van der Waals surface area contributed by atoms with Crippen molar-refractivity contribution in [1.29, 1.82) is 0 Å². The van der Waals surface area contributed by atoms with E-state index in [-0.39, 0.29) is 5.69 Å². The summed E-state index contributed by atoms with van der Waals surface area (Å²) in [5.41, 5.74) is 1.91. The molecule has 0 N–H and O–H groups in total. The van der Waals surface area contributed by atoms with Gasteiger partial charge in [-0.2, -0.15) is 0 Å². The van der Waals surface area contributed by atoms with Gasteiger partial charge in [0.05, 0.1) is 11.0 Å². The summed E-state index contributed by atoms with van der Waals surface area (Å²) in [6, 6.07) is 5.55. The van der Waals surface area contributed by atoms with Crippen LogP contribution in [-0.4, -0.2) is 9.13 Å². The van der Waals surface area contributed by atoms with E-state index in [0.29, 0.717) is 18.1 Å². The molecule has 4 heteroatoms. The Balaban J connectivity index is 2.92. The first kappa shape index (κ1) is 10.3. The van der Waals surface area contributed by atoms with Crippen LogP contribution in [0.25, 0.3) is 11.0 Å². The third-order valence-corrected chi connectivity index (χ3v) is 2.85. The smallest absolute Gasteiger partial charge is 0.292 e. The van der Waals surface area contributed by atoms with Crippen molar-refractivity contribution >= 4 is 22.6 Å². The van der Waals surface area contributed by atoms with Crippen LogP contribution in [0.3, 0.4) is 0 Å². The number of fused-ring (bicyclic) bond motifs is 1. The Morgan fingerprint density at radius 1 is 1.13 bits per heavy atom. The molecule has 0 amide bonds. The summed E-state index contributed by atoms with van der Waals surface area (Å²) in [5.74, 6) is 0. The van der Waals surface area contributed by atoms with E-state index >= 15 is 0 Å². The highest BCUT2D eigenvalue weighted by atomic mass is 35.5. The lowest BCUT2D eigenvalue weighted by Gasteiger charge is -1.97. The Labute approximate surface area is 92.9 Å². The third-order valence-electron chi connectivity index (χ3n) is 2.61. The highest BCUT2D eigenvalue weighted by molar-refractivity contribution is 6.31. The maximum absolute atomic E-state index is 11.9. The number of halogens is 1. The van der Waals surface area contributed by atoms with E-state index in [1.54, 1.807) is 9.13 Å². The van der Waals surface area contributed by atoms with Crippen LogP contribution in [0, 0.1) is 0 Å². The van der Waals surface area contributed by atoms with Crippen LogP contribution in [0.5, 0.6) is 0 Å². The molecule has 0 unspecified atom stereocenters. The summed E-state index contributed by atoms with van der Waals surface area (Å²) in [7, 11) is 0. The van der Waals surface area contributed by atoms with Crippen LogP contribution in [0.1, 0.15) is 13.8 Å². The van der Waals surface area contributed by atoms with Gasteiger partial charge in [-0.1, -0.05) is 11.6 Å². The molecule has 15 heavy (non-hydrogen) atoms. The molecule has 0 aliphatic heterocycles. The Bertz CT molecular complexity index is 553. The number of hydrogen-bond donors (Lipinski definition) is 0. The Morgan fingerprint density at radius 2 is 1.73 bits per heavy atom. The predicted octanol–water partition coefficient (Wildman–Crippen LogP) is 2.50. The van der Waals surface area contributed by atoms with Crippen molar-refractivity contribution < 1.29 is 0 Å². The molecule has 0 saturated heterocycles. The topological polar surface area (TPSA) is 26.9 Å². The van der Waals surface area contributed by atoms with Crippen molar-refractivity contribution in [1.82, 2.24) is 9.13 Å². The normalized spacial score (nSPS) is 11.1. The molecule has 1 aromatic heterocycles. The van der Waals surface area contributed by atoms with Gasteiger partial charge in [0.25, 0.3) is 0 Å². The number of rotatable bonds is 2. The standard InChI is InChI=1S/C11H13ClN2O/c1-3-13-9-6-5-8(12)7-10(9)14(4-2)11(13)15/h5-7H,3-4H2,1-2H3. The van der Waals surface area contributed by atoms with Crippen LogP contribution in [0.2, 0.25) is 5.02 Å². The van der Waals surface area contributed by atoms with Crippen LogP contribution in [-0.2, 0) is 13.1 Å². The van der Waals surface area contributed by atoms with Crippen LogP contribution in [0.15, 0.2) is 23.0 Å². The molecular formula is C11H13ClN2O. The van der Waals surface area contributed by atoms with Crippen molar-refractivity contribution in [2.24, 2.45) is 0 Å². The van der Waals surface area contributed by atoms with Gasteiger partial charge in [0.2, 0.25) is 0 Å². The van der Waals surface area contributed by atoms with Crippen LogP contribution >= 0.6 is 11.6 Å². The number of imidazole rings is 1. The fourth-order valence-electron chi connectivity index (χ4n) is 1.90. The summed E-state index contributed by atoms with van der Waals surface area (Å²) in [5, 5.41) is 0.665. The van der Waals surface area contributed by atoms with E-state index in [4.69, 9.17) is 11.6 Å². The van der Waals surface area contributed by atoms with Crippen LogP contribution < -0.4 is 5.69 Å². The van der Waals surface area contributed by atoms with Gasteiger partial charge in [-0.3, -0.25) is 9.13 Å². The maximum atomic E-state index is 11.9. The van der Waals surface area contributed by atoms with Gasteiger partial charge >= 0.3 is 5.69 Å². The lowest BCUT2D eigenvalue weighted by atomic mass is 10.3. The van der Waals surface area contributed by atoms with Crippen molar-refractivity contribution in [2.75, 3.05) is 0 Å². The number of benzene rings is 1. The van der Waals surface area contributed by atoms with Gasteiger partial charge in [0.15, 0.2) is 0 Å². The Morgan fingerprint density at radius 3 is 2.33 bits per heavy atom. The molecule has 2 rings (SSSR count). The molecule has 0 atom stereocenters. The number of hydrogen-bond acceptors (Lipinski definition) is 1. The first-order valence-corrected chi connectivity index (χ1v) is 5.45. The van der Waals surface area contributed by atoms with E-state index in [2.05, 4.69) is 0 Å². The van der Waals surface area contributed by atoms with E-state index in [1.807, 2.05) is 32.0 Å². The summed E-state index contributed by atoms with van der Waals surface area (Å²) in [4.78, 5) is 11.9. The monoisotopic (exact) mass is 224 g/mol. The first-order chi connectivity index (χ1) is 7.19. The minimum absolute atomic E-state index is 0.0391. The molecule has 3 nitrogen and oxygen atoms in total. The van der Waals surface area contributed by atoms with Crippen molar-refractivity contribution in [3.8, 4) is 0 Å². The molecule has 0 spiro atoms. The zero-order valence-corrected chi connectivity index (χ0v) is 9.58. The summed E-state index contributed by atoms with van der Waals surface area (Å²) in [6.07, 6.45) is 0. The minimum Gasteiger partial charge on any atom is -0.292 e. The summed E-state index contributed by atoms with van der Waals surface area (Å²) >= 11 is 5.93. The molecule has 0 saturated carbocycles. The molecule has 0 fully saturated rings. The highest BCUT2D eigenvalue weighted by Crippen LogP contribution is 2.18. The second kappa shape index (κ2) is 3.74. The summed E-state index contributed by atoms with van der Waals surface area (Å²) in [6.45, 7) is 5.28. The van der Waals surface area contributed by atoms with Crippen molar-refractivity contribution in [2.45, 2.75) is 26.9 Å². The molecule has 1 heterocycles. The lowest BCUT2D eigenvalue weighted by molar-refractivity contribution is 0.671. The van der Waals surface area contributed by atoms with E-state index in [1.165, 1.54) is 0 Å². The van der Waals surface area contributed by atoms with E-state index in [0.717, 1.165) is 11.0 Å². The van der Waals surface area contributed by atoms with Crippen molar-refractivity contribution in [3.05, 3.63) is 33.7 Å². The third kappa shape index (κ3) is 1.47. The second-order valence-electron chi connectivity index (χ2n) is 3.40. The molecule has 2 aromatic rings. The molecule has 0 radical (unpaired) electrons. The zero-order valence-electron chi connectivity index (χ0n) is 8.83. The SMILES string of the molecule is CCn1c(=O)n(CC)c2cc(Cl)ccc21. The fourth-order valence-corrected chi connectivity index (χ4v) is 2.07. The van der Waals surface area contributed by atoms with Gasteiger partial charge in [-0.05, 0) is 32.0 Å². The highest BCUT2D eigenvalue weighted by Gasteiger charge is 2.10. The Kier molecular flexibility index (Phi) is 2.57. The van der Waals surface area contributed by atoms with Gasteiger partial charge in [-0.25, -0.2) is 4.79 Å². The predicted molar refractivity (Wildman–Crippen MR) is 62.6 cm³/mol. The largest absolute Gasteiger partial charge is 0.329 e. The van der Waals surface area contributed by atoms with E-state index in [9.17, 15) is 4.79 Å². The second-order valence-corrected chi connectivity index (χ2v) is 3.84. The average molecular weight is 225 g/mol. The Hall–Kier alpha value is -1.22. The maximum Gasteiger partial charge on any atom is 0.329 e. The van der Waals surface area contributed by atoms with Gasteiger partial charge in [-0.15, -0.1) is 0 Å². The molecule has 1 aromatic carbocycles. The molecule has 0 aliphatic rings.